The quantitative estimate of drug-likeness (QED) is 0.605. The van der Waals surface area contributed by atoms with Gasteiger partial charge in [-0.2, -0.15) is 0 Å². The van der Waals surface area contributed by atoms with Gasteiger partial charge in [-0.05, 0) is 38.8 Å². The lowest BCUT2D eigenvalue weighted by atomic mass is 9.98. The van der Waals surface area contributed by atoms with Crippen molar-refractivity contribution in [3.05, 3.63) is 0 Å². The molecule has 0 amide bonds. The van der Waals surface area contributed by atoms with E-state index in [1.807, 2.05) is 0 Å². The molecule has 2 rings (SSSR count). The molecule has 2 nitrogen and oxygen atoms in total. The molecule has 13 heavy (non-hydrogen) atoms. The number of aliphatic hydroxyl groups excluding tert-OH is 1. The van der Waals surface area contributed by atoms with E-state index in [1.165, 1.54) is 51.6 Å². The van der Waals surface area contributed by atoms with E-state index in [0.717, 1.165) is 12.8 Å². The van der Waals surface area contributed by atoms with Gasteiger partial charge in [-0.1, -0.05) is 25.7 Å². The highest BCUT2D eigenvalue weighted by molar-refractivity contribution is 4.61. The number of nitrogens with one attached hydrogen (secondary N) is 1. The van der Waals surface area contributed by atoms with Crippen molar-refractivity contribution in [2.45, 2.75) is 57.5 Å². The first kappa shape index (κ1) is 11.0. The molecule has 2 N–H and O–H groups in total. The maximum absolute atomic E-state index is 8.91. The summed E-state index contributed by atoms with van der Waals surface area (Å²) in [5, 5.41) is 12.2. The van der Waals surface area contributed by atoms with Crippen LogP contribution in [0.1, 0.15) is 51.4 Å². The van der Waals surface area contributed by atoms with Crippen molar-refractivity contribution in [1.82, 2.24) is 5.32 Å². The SMILES string of the molecule is C1CCNCC1.OC1CCCCC1. The smallest absolute Gasteiger partial charge is 0.0540 e. The van der Waals surface area contributed by atoms with Gasteiger partial charge in [0.05, 0.1) is 6.10 Å². The second kappa shape index (κ2) is 7.34. The lowest BCUT2D eigenvalue weighted by molar-refractivity contribution is 0.130. The summed E-state index contributed by atoms with van der Waals surface area (Å²) in [7, 11) is 0. The minimum absolute atomic E-state index is 0.0359. The van der Waals surface area contributed by atoms with Gasteiger partial charge in [-0.15, -0.1) is 0 Å². The molecule has 0 bridgehead atoms. The summed E-state index contributed by atoms with van der Waals surface area (Å²) in [4.78, 5) is 0. The number of hydrogen-bond acceptors (Lipinski definition) is 2. The molecular weight excluding hydrogens is 162 g/mol. The molecule has 1 aliphatic carbocycles. The van der Waals surface area contributed by atoms with Crippen LogP contribution in [0.15, 0.2) is 0 Å². The van der Waals surface area contributed by atoms with Gasteiger partial charge in [0, 0.05) is 0 Å². The Morgan fingerprint density at radius 1 is 0.769 bits per heavy atom. The van der Waals surface area contributed by atoms with E-state index < -0.39 is 0 Å². The van der Waals surface area contributed by atoms with E-state index in [4.69, 9.17) is 5.11 Å². The van der Waals surface area contributed by atoms with Gasteiger partial charge in [-0.25, -0.2) is 0 Å². The van der Waals surface area contributed by atoms with Crippen LogP contribution in [-0.2, 0) is 0 Å². The zero-order valence-corrected chi connectivity index (χ0v) is 8.60. The van der Waals surface area contributed by atoms with Crippen molar-refractivity contribution in [1.29, 1.82) is 0 Å². The first-order valence-corrected chi connectivity index (χ1v) is 5.78. The van der Waals surface area contributed by atoms with E-state index in [-0.39, 0.29) is 6.10 Å². The normalized spacial score (nSPS) is 24.7. The van der Waals surface area contributed by atoms with Gasteiger partial charge in [-0.3, -0.25) is 0 Å². The second-order valence-electron chi connectivity index (χ2n) is 4.10. The van der Waals surface area contributed by atoms with Crippen LogP contribution in [0, 0.1) is 0 Å². The lowest BCUT2D eigenvalue weighted by Crippen LogP contribution is -2.21. The van der Waals surface area contributed by atoms with Gasteiger partial charge in [0.1, 0.15) is 0 Å². The molecule has 0 radical (unpaired) electrons. The summed E-state index contributed by atoms with van der Waals surface area (Å²) in [6, 6.07) is 0. The van der Waals surface area contributed by atoms with Crippen LogP contribution in [0.4, 0.5) is 0 Å². The van der Waals surface area contributed by atoms with Gasteiger partial charge in [0.15, 0.2) is 0 Å². The van der Waals surface area contributed by atoms with Crippen molar-refractivity contribution >= 4 is 0 Å². The summed E-state index contributed by atoms with van der Waals surface area (Å²) < 4.78 is 0. The van der Waals surface area contributed by atoms with Crippen LogP contribution < -0.4 is 5.32 Å². The summed E-state index contributed by atoms with van der Waals surface area (Å²) in [5.74, 6) is 0. The third-order valence-electron chi connectivity index (χ3n) is 2.78. The average Bonchev–Trinajstić information content (AvgIpc) is 2.22. The number of rotatable bonds is 0. The van der Waals surface area contributed by atoms with Crippen molar-refractivity contribution in [3.8, 4) is 0 Å². The minimum atomic E-state index is 0.0359. The summed E-state index contributed by atoms with van der Waals surface area (Å²) in [5.41, 5.74) is 0. The van der Waals surface area contributed by atoms with Crippen LogP contribution in [-0.4, -0.2) is 24.3 Å². The van der Waals surface area contributed by atoms with Crippen molar-refractivity contribution in [3.63, 3.8) is 0 Å². The molecule has 0 aromatic heterocycles. The summed E-state index contributed by atoms with van der Waals surface area (Å²) >= 11 is 0. The van der Waals surface area contributed by atoms with Crippen LogP contribution in [0.2, 0.25) is 0 Å². The Labute approximate surface area is 81.7 Å². The van der Waals surface area contributed by atoms with Gasteiger partial charge < -0.3 is 10.4 Å². The minimum Gasteiger partial charge on any atom is -0.393 e. The first-order valence-electron chi connectivity index (χ1n) is 5.78. The zero-order valence-electron chi connectivity index (χ0n) is 8.60. The molecule has 1 heterocycles. The molecule has 2 fully saturated rings. The molecule has 0 aromatic rings. The molecule has 0 atom stereocenters. The molecule has 0 spiro atoms. The van der Waals surface area contributed by atoms with Gasteiger partial charge in [0.25, 0.3) is 0 Å². The second-order valence-corrected chi connectivity index (χ2v) is 4.10. The Hall–Kier alpha value is -0.0800. The van der Waals surface area contributed by atoms with Crippen LogP contribution in [0.5, 0.6) is 0 Å². The Balaban J connectivity index is 0.000000132. The topological polar surface area (TPSA) is 32.3 Å². The standard InChI is InChI=1S/C6H12O.C5H11N/c7-6-4-2-1-3-5-6;1-2-4-6-5-3-1/h6-7H,1-5H2;6H,1-5H2. The Kier molecular flexibility index (Phi) is 6.21. The average molecular weight is 185 g/mol. The third kappa shape index (κ3) is 6.05. The lowest BCUT2D eigenvalue weighted by Gasteiger charge is -2.14. The van der Waals surface area contributed by atoms with Gasteiger partial charge >= 0.3 is 0 Å². The molecule has 2 heteroatoms. The molecule has 2 aliphatic rings. The predicted molar refractivity (Wildman–Crippen MR) is 55.8 cm³/mol. The predicted octanol–water partition coefficient (Wildman–Crippen LogP) is 2.07. The first-order chi connectivity index (χ1) is 6.39. The highest BCUT2D eigenvalue weighted by atomic mass is 16.3. The Morgan fingerprint density at radius 2 is 1.31 bits per heavy atom. The Morgan fingerprint density at radius 3 is 1.54 bits per heavy atom. The highest BCUT2D eigenvalue weighted by Gasteiger charge is 2.07. The van der Waals surface area contributed by atoms with Crippen molar-refractivity contribution in [2.75, 3.05) is 13.1 Å². The number of piperidine rings is 1. The van der Waals surface area contributed by atoms with Crippen LogP contribution in [0.25, 0.3) is 0 Å². The maximum Gasteiger partial charge on any atom is 0.0540 e. The fourth-order valence-electron chi connectivity index (χ4n) is 1.88. The van der Waals surface area contributed by atoms with Gasteiger partial charge in [0.2, 0.25) is 0 Å². The number of hydrogen-bond donors (Lipinski definition) is 2. The largest absolute Gasteiger partial charge is 0.393 e. The van der Waals surface area contributed by atoms with E-state index in [0.29, 0.717) is 0 Å². The fraction of sp³-hybridized carbons (Fsp3) is 1.00. The van der Waals surface area contributed by atoms with E-state index >= 15 is 0 Å². The molecule has 1 saturated carbocycles. The van der Waals surface area contributed by atoms with Crippen molar-refractivity contribution < 1.29 is 5.11 Å². The summed E-state index contributed by atoms with van der Waals surface area (Å²) in [6.07, 6.45) is 10.1. The summed E-state index contributed by atoms with van der Waals surface area (Å²) in [6.45, 7) is 2.50. The monoisotopic (exact) mass is 185 g/mol. The van der Waals surface area contributed by atoms with Crippen LogP contribution >= 0.6 is 0 Å². The van der Waals surface area contributed by atoms with Crippen molar-refractivity contribution in [2.24, 2.45) is 0 Å². The molecular formula is C11H23NO. The molecule has 0 aromatic carbocycles. The number of aliphatic hydroxyl groups is 1. The zero-order chi connectivity index (χ0) is 9.36. The van der Waals surface area contributed by atoms with E-state index in [2.05, 4.69) is 5.32 Å². The van der Waals surface area contributed by atoms with Crippen LogP contribution in [0.3, 0.4) is 0 Å². The fourth-order valence-corrected chi connectivity index (χ4v) is 1.88. The van der Waals surface area contributed by atoms with E-state index in [9.17, 15) is 0 Å². The Bertz CT molecular complexity index is 95.1. The highest BCUT2D eigenvalue weighted by Crippen LogP contribution is 2.16. The molecule has 1 saturated heterocycles. The van der Waals surface area contributed by atoms with E-state index in [1.54, 1.807) is 0 Å². The maximum atomic E-state index is 8.91. The molecule has 78 valence electrons. The third-order valence-corrected chi connectivity index (χ3v) is 2.78. The molecule has 0 unspecified atom stereocenters. The molecule has 1 aliphatic heterocycles.